The lowest BCUT2D eigenvalue weighted by atomic mass is 9.92. The molecule has 0 aliphatic rings. The van der Waals surface area contributed by atoms with Crippen molar-refractivity contribution in [3.05, 3.63) is 61.7 Å². The monoisotopic (exact) mass is 430 g/mol. The van der Waals surface area contributed by atoms with Gasteiger partial charge in [0, 0.05) is 20.2 Å². The van der Waals surface area contributed by atoms with E-state index >= 15 is 0 Å². The molecule has 0 fully saturated rings. The second kappa shape index (κ2) is 6.35. The highest BCUT2D eigenvalue weighted by Gasteiger charge is 2.30. The molecule has 0 spiro atoms. The number of benzene rings is 2. The molecule has 0 saturated heterocycles. The molecule has 21 heavy (non-hydrogen) atoms. The van der Waals surface area contributed by atoms with Gasteiger partial charge in [-0.1, -0.05) is 27.5 Å². The second-order valence-corrected chi connectivity index (χ2v) is 6.79. The Labute approximate surface area is 144 Å². The molecule has 0 aliphatic carbocycles. The third kappa shape index (κ3) is 3.57. The summed E-state index contributed by atoms with van der Waals surface area (Å²) in [4.78, 5) is 0. The molecule has 2 aromatic carbocycles. The summed E-state index contributed by atoms with van der Waals surface area (Å²) in [7, 11) is 0. The molecule has 0 aromatic heterocycles. The van der Waals surface area contributed by atoms with Crippen LogP contribution in [0.15, 0.2) is 45.3 Å². The standard InChI is InChI=1S/C15H10Br2ClFN2/c1-15(8-20,11-6-9(16)2-5-14(11)19)21-10-3-4-13(18)12(17)7-10/h2-7,21H,1H3. The summed E-state index contributed by atoms with van der Waals surface area (Å²) >= 11 is 12.6. The van der Waals surface area contributed by atoms with Crippen molar-refractivity contribution in [2.45, 2.75) is 12.5 Å². The van der Waals surface area contributed by atoms with Gasteiger partial charge in [0.1, 0.15) is 5.82 Å². The average Bonchev–Trinajstić information content (AvgIpc) is 2.45. The van der Waals surface area contributed by atoms with Crippen molar-refractivity contribution < 1.29 is 4.39 Å². The molecule has 0 aliphatic heterocycles. The summed E-state index contributed by atoms with van der Waals surface area (Å²) in [6, 6.07) is 11.8. The first kappa shape index (κ1) is 16.3. The van der Waals surface area contributed by atoms with Crippen LogP contribution in [-0.4, -0.2) is 0 Å². The van der Waals surface area contributed by atoms with Crippen molar-refractivity contribution in [1.29, 1.82) is 5.26 Å². The van der Waals surface area contributed by atoms with E-state index in [1.165, 1.54) is 6.07 Å². The number of nitrogens with one attached hydrogen (secondary N) is 1. The zero-order chi connectivity index (χ0) is 15.6. The lowest BCUT2D eigenvalue weighted by molar-refractivity contribution is 0.570. The van der Waals surface area contributed by atoms with Crippen molar-refractivity contribution in [3.8, 4) is 6.07 Å². The van der Waals surface area contributed by atoms with Gasteiger partial charge in [-0.25, -0.2) is 4.39 Å². The minimum absolute atomic E-state index is 0.269. The van der Waals surface area contributed by atoms with Gasteiger partial charge in [-0.15, -0.1) is 0 Å². The lowest BCUT2D eigenvalue weighted by Crippen LogP contribution is -2.31. The van der Waals surface area contributed by atoms with Crippen LogP contribution in [0.25, 0.3) is 0 Å². The third-order valence-corrected chi connectivity index (χ3v) is 4.71. The van der Waals surface area contributed by atoms with Crippen LogP contribution in [0.5, 0.6) is 0 Å². The maximum Gasteiger partial charge on any atom is 0.151 e. The van der Waals surface area contributed by atoms with Gasteiger partial charge in [-0.3, -0.25) is 0 Å². The predicted molar refractivity (Wildman–Crippen MR) is 89.8 cm³/mol. The number of nitriles is 1. The van der Waals surface area contributed by atoms with Gasteiger partial charge in [0.15, 0.2) is 5.54 Å². The molecule has 1 unspecified atom stereocenters. The van der Waals surface area contributed by atoms with Crippen LogP contribution in [0.2, 0.25) is 5.02 Å². The number of nitrogens with zero attached hydrogens (tertiary/aromatic N) is 1. The van der Waals surface area contributed by atoms with Gasteiger partial charge in [0.05, 0.1) is 11.1 Å². The molecule has 6 heteroatoms. The van der Waals surface area contributed by atoms with Crippen LogP contribution < -0.4 is 5.32 Å². The highest BCUT2D eigenvalue weighted by Crippen LogP contribution is 2.32. The Morgan fingerprint density at radius 1 is 1.24 bits per heavy atom. The van der Waals surface area contributed by atoms with Crippen molar-refractivity contribution in [3.63, 3.8) is 0 Å². The van der Waals surface area contributed by atoms with E-state index in [0.29, 0.717) is 19.7 Å². The van der Waals surface area contributed by atoms with E-state index in [-0.39, 0.29) is 5.56 Å². The molecule has 2 nitrogen and oxygen atoms in total. The van der Waals surface area contributed by atoms with Gasteiger partial charge in [-0.05, 0) is 59.3 Å². The van der Waals surface area contributed by atoms with Crippen molar-refractivity contribution in [2.75, 3.05) is 5.32 Å². The largest absolute Gasteiger partial charge is 0.364 e. The van der Waals surface area contributed by atoms with E-state index in [4.69, 9.17) is 11.6 Å². The number of halogens is 4. The van der Waals surface area contributed by atoms with Gasteiger partial charge in [0.25, 0.3) is 0 Å². The summed E-state index contributed by atoms with van der Waals surface area (Å²) in [5, 5.41) is 13.1. The fourth-order valence-electron chi connectivity index (χ4n) is 1.90. The molecule has 0 saturated carbocycles. The minimum atomic E-state index is -1.21. The van der Waals surface area contributed by atoms with Crippen LogP contribution in [-0.2, 0) is 5.54 Å². The Morgan fingerprint density at radius 3 is 2.57 bits per heavy atom. The van der Waals surface area contributed by atoms with E-state index in [1.54, 1.807) is 37.3 Å². The first-order chi connectivity index (χ1) is 9.85. The van der Waals surface area contributed by atoms with Crippen molar-refractivity contribution in [1.82, 2.24) is 0 Å². The van der Waals surface area contributed by atoms with Crippen LogP contribution in [0, 0.1) is 17.1 Å². The Morgan fingerprint density at radius 2 is 1.95 bits per heavy atom. The zero-order valence-corrected chi connectivity index (χ0v) is 14.9. The topological polar surface area (TPSA) is 35.8 Å². The molecular weight excluding hydrogens is 422 g/mol. The Bertz CT molecular complexity index is 730. The highest BCUT2D eigenvalue weighted by atomic mass is 79.9. The van der Waals surface area contributed by atoms with Crippen LogP contribution in [0.1, 0.15) is 12.5 Å². The van der Waals surface area contributed by atoms with Gasteiger partial charge in [0.2, 0.25) is 0 Å². The van der Waals surface area contributed by atoms with E-state index in [1.807, 2.05) is 0 Å². The fraction of sp³-hybridized carbons (Fsp3) is 0.133. The van der Waals surface area contributed by atoms with Gasteiger partial charge in [-0.2, -0.15) is 5.26 Å². The maximum atomic E-state index is 14.1. The van der Waals surface area contributed by atoms with Gasteiger partial charge >= 0.3 is 0 Å². The molecule has 0 radical (unpaired) electrons. The van der Waals surface area contributed by atoms with Crippen molar-refractivity contribution >= 4 is 49.1 Å². The minimum Gasteiger partial charge on any atom is -0.364 e. The molecule has 0 heterocycles. The predicted octanol–water partition coefficient (Wildman–Crippen LogP) is 5.85. The SMILES string of the molecule is CC(C#N)(Nc1ccc(Cl)c(Br)c1)c1cc(Br)ccc1F. The Balaban J connectivity index is 2.44. The molecule has 0 amide bonds. The van der Waals surface area contributed by atoms with E-state index in [2.05, 4.69) is 43.2 Å². The zero-order valence-electron chi connectivity index (χ0n) is 10.9. The number of anilines is 1. The van der Waals surface area contributed by atoms with Gasteiger partial charge < -0.3 is 5.32 Å². The molecular formula is C15H10Br2ClFN2. The smallest absolute Gasteiger partial charge is 0.151 e. The second-order valence-electron chi connectivity index (χ2n) is 4.61. The number of rotatable bonds is 3. The Kier molecular flexibility index (Phi) is 4.92. The summed E-state index contributed by atoms with van der Waals surface area (Å²) < 4.78 is 15.5. The number of hydrogen-bond acceptors (Lipinski definition) is 2. The molecule has 2 aromatic rings. The summed E-state index contributed by atoms with van der Waals surface area (Å²) in [6.45, 7) is 1.63. The quantitative estimate of drug-likeness (QED) is 0.660. The maximum absolute atomic E-state index is 14.1. The molecule has 108 valence electrons. The fourth-order valence-corrected chi connectivity index (χ4v) is 2.76. The third-order valence-electron chi connectivity index (χ3n) is 3.00. The first-order valence-electron chi connectivity index (χ1n) is 5.96. The lowest BCUT2D eigenvalue weighted by Gasteiger charge is -2.26. The van der Waals surface area contributed by atoms with E-state index in [9.17, 15) is 9.65 Å². The molecule has 1 atom stereocenters. The van der Waals surface area contributed by atoms with Crippen LogP contribution >= 0.6 is 43.5 Å². The highest BCUT2D eigenvalue weighted by molar-refractivity contribution is 9.10. The normalized spacial score (nSPS) is 13.3. The summed E-state index contributed by atoms with van der Waals surface area (Å²) in [5.74, 6) is -0.442. The molecule has 1 N–H and O–H groups in total. The van der Waals surface area contributed by atoms with Crippen LogP contribution in [0.3, 0.4) is 0 Å². The average molecular weight is 433 g/mol. The number of hydrogen-bond donors (Lipinski definition) is 1. The van der Waals surface area contributed by atoms with Crippen molar-refractivity contribution in [2.24, 2.45) is 0 Å². The Hall–Kier alpha value is -1.09. The van der Waals surface area contributed by atoms with Crippen LogP contribution in [0.4, 0.5) is 10.1 Å². The van der Waals surface area contributed by atoms with E-state index in [0.717, 1.165) is 0 Å². The summed E-state index contributed by atoms with van der Waals surface area (Å²) in [5.41, 5.74) is -0.277. The van der Waals surface area contributed by atoms with E-state index < -0.39 is 11.4 Å². The molecule has 0 bridgehead atoms. The molecule has 2 rings (SSSR count). The summed E-state index contributed by atoms with van der Waals surface area (Å²) in [6.07, 6.45) is 0. The first-order valence-corrected chi connectivity index (χ1v) is 7.92.